The third kappa shape index (κ3) is 3.60. The number of fused-ring (bicyclic) bond motifs is 1. The Hall–Kier alpha value is -3.78. The van der Waals surface area contributed by atoms with Gasteiger partial charge in [0.25, 0.3) is 0 Å². The summed E-state index contributed by atoms with van der Waals surface area (Å²) in [4.78, 5) is 12.8. The van der Waals surface area contributed by atoms with Gasteiger partial charge in [-0.05, 0) is 36.8 Å². The molecule has 0 spiro atoms. The van der Waals surface area contributed by atoms with Gasteiger partial charge in [0.1, 0.15) is 39.4 Å². The average Bonchev–Trinajstić information content (AvgIpc) is 2.69. The minimum Gasteiger partial charge on any atom is -0.508 e. The lowest BCUT2D eigenvalue weighted by Crippen LogP contribution is -2.10. The molecule has 0 amide bonds. The van der Waals surface area contributed by atoms with E-state index in [1.165, 1.54) is 48.7 Å². The molecule has 0 saturated carbocycles. The monoisotopic (exact) mass is 424 g/mol. The maximum atomic E-state index is 12.8. The number of aryl methyl sites for hydroxylation is 1. The molecule has 8 heteroatoms. The summed E-state index contributed by atoms with van der Waals surface area (Å²) in [5, 5.41) is 19.7. The van der Waals surface area contributed by atoms with Gasteiger partial charge >= 0.3 is 10.1 Å². The van der Waals surface area contributed by atoms with E-state index >= 15 is 0 Å². The fraction of sp³-hybridized carbons (Fsp3) is 0.0455. The highest BCUT2D eigenvalue weighted by Crippen LogP contribution is 2.32. The Bertz CT molecular complexity index is 1400. The second kappa shape index (κ2) is 7.23. The van der Waals surface area contributed by atoms with Gasteiger partial charge in [-0.25, -0.2) is 0 Å². The largest absolute Gasteiger partial charge is 0.508 e. The summed E-state index contributed by atoms with van der Waals surface area (Å²) in [7, 11) is -4.14. The van der Waals surface area contributed by atoms with Crippen LogP contribution in [0.1, 0.15) is 5.56 Å². The van der Waals surface area contributed by atoms with Crippen LogP contribution in [0.3, 0.4) is 0 Å². The topological polar surface area (TPSA) is 114 Å². The first-order valence-corrected chi connectivity index (χ1v) is 10.2. The molecule has 0 aliphatic heterocycles. The number of benzene rings is 3. The molecule has 0 aliphatic carbocycles. The second-order valence-corrected chi connectivity index (χ2v) is 8.24. The van der Waals surface area contributed by atoms with Gasteiger partial charge in [-0.1, -0.05) is 29.8 Å². The molecule has 3 aromatic carbocycles. The van der Waals surface area contributed by atoms with Crippen LogP contribution in [0.5, 0.6) is 17.2 Å². The molecule has 1 aromatic heterocycles. The molecule has 0 saturated heterocycles. The van der Waals surface area contributed by atoms with Crippen LogP contribution in [0.2, 0.25) is 0 Å². The van der Waals surface area contributed by atoms with Crippen molar-refractivity contribution in [3.63, 3.8) is 0 Å². The van der Waals surface area contributed by atoms with Crippen LogP contribution in [-0.2, 0) is 10.1 Å². The molecule has 4 rings (SSSR count). The van der Waals surface area contributed by atoms with Crippen LogP contribution in [-0.4, -0.2) is 18.6 Å². The quantitative estimate of drug-likeness (QED) is 0.477. The summed E-state index contributed by atoms with van der Waals surface area (Å²) in [5.41, 5.74) is 1.02. The van der Waals surface area contributed by atoms with E-state index in [0.29, 0.717) is 5.56 Å². The average molecular weight is 424 g/mol. The molecule has 0 bridgehead atoms. The predicted molar refractivity (Wildman–Crippen MR) is 110 cm³/mol. The Morgan fingerprint density at radius 3 is 2.27 bits per heavy atom. The van der Waals surface area contributed by atoms with Crippen LogP contribution < -0.4 is 9.61 Å². The highest BCUT2D eigenvalue weighted by atomic mass is 32.2. The molecule has 152 valence electrons. The van der Waals surface area contributed by atoms with E-state index in [1.54, 1.807) is 12.1 Å². The fourth-order valence-electron chi connectivity index (χ4n) is 2.98. The number of hydrogen-bond donors (Lipinski definition) is 2. The van der Waals surface area contributed by atoms with E-state index < -0.39 is 21.3 Å². The van der Waals surface area contributed by atoms with Gasteiger partial charge in [0.15, 0.2) is 0 Å². The van der Waals surface area contributed by atoms with E-state index in [0.717, 1.165) is 11.6 Å². The summed E-state index contributed by atoms with van der Waals surface area (Å²) in [6.45, 7) is 1.83. The Balaban J connectivity index is 1.76. The lowest BCUT2D eigenvalue weighted by molar-refractivity contribution is 0.465. The smallest absolute Gasteiger partial charge is 0.339 e. The molecular weight excluding hydrogens is 408 g/mol. The van der Waals surface area contributed by atoms with Crippen molar-refractivity contribution in [2.75, 3.05) is 0 Å². The molecule has 0 atom stereocenters. The number of aromatic hydroxyl groups is 2. The van der Waals surface area contributed by atoms with Crippen molar-refractivity contribution in [2.24, 2.45) is 0 Å². The first-order chi connectivity index (χ1) is 14.2. The molecule has 0 radical (unpaired) electrons. The molecule has 0 aliphatic rings. The van der Waals surface area contributed by atoms with Gasteiger partial charge < -0.3 is 18.8 Å². The lowest BCUT2D eigenvalue weighted by Gasteiger charge is -2.10. The van der Waals surface area contributed by atoms with Crippen LogP contribution in [0.15, 0.2) is 81.0 Å². The van der Waals surface area contributed by atoms with E-state index in [9.17, 15) is 23.4 Å². The molecule has 7 nitrogen and oxygen atoms in total. The van der Waals surface area contributed by atoms with E-state index in [-0.39, 0.29) is 32.9 Å². The minimum absolute atomic E-state index is 0.0309. The Labute approximate surface area is 171 Å². The van der Waals surface area contributed by atoms with Crippen molar-refractivity contribution in [3.8, 4) is 28.4 Å². The number of phenolic OH excluding ortho intramolecular Hbond substituents is 2. The van der Waals surface area contributed by atoms with Gasteiger partial charge in [-0.3, -0.25) is 4.79 Å². The zero-order chi connectivity index (χ0) is 21.5. The summed E-state index contributed by atoms with van der Waals surface area (Å²) in [5.74, 6) is -0.625. The Morgan fingerprint density at radius 1 is 0.933 bits per heavy atom. The molecule has 30 heavy (non-hydrogen) atoms. The fourth-order valence-corrected chi connectivity index (χ4v) is 3.89. The van der Waals surface area contributed by atoms with Gasteiger partial charge in [-0.15, -0.1) is 0 Å². The maximum absolute atomic E-state index is 12.8. The highest BCUT2D eigenvalue weighted by Gasteiger charge is 2.20. The normalized spacial score (nSPS) is 11.5. The third-order valence-electron chi connectivity index (χ3n) is 4.52. The van der Waals surface area contributed by atoms with Crippen LogP contribution in [0.25, 0.3) is 22.1 Å². The van der Waals surface area contributed by atoms with Crippen molar-refractivity contribution in [3.05, 3.63) is 82.7 Å². The Kier molecular flexibility index (Phi) is 4.71. The lowest BCUT2D eigenvalue weighted by atomic mass is 10.0. The highest BCUT2D eigenvalue weighted by molar-refractivity contribution is 7.87. The standard InChI is InChI=1S/C22H16O7S/c1-13-2-8-17(9-3-13)30(26,27)29-16-10-19(24)21-20(11-16)28-12-18(22(21)25)14-4-6-15(23)7-5-14/h2-12,23-24H,1H3. The summed E-state index contributed by atoms with van der Waals surface area (Å²) < 4.78 is 35.5. The van der Waals surface area contributed by atoms with Crippen molar-refractivity contribution in [1.29, 1.82) is 0 Å². The summed E-state index contributed by atoms with van der Waals surface area (Å²) >= 11 is 0. The summed E-state index contributed by atoms with van der Waals surface area (Å²) in [6.07, 6.45) is 1.20. The number of rotatable bonds is 4. The second-order valence-electron chi connectivity index (χ2n) is 6.69. The van der Waals surface area contributed by atoms with E-state index in [1.807, 2.05) is 6.92 Å². The zero-order valence-electron chi connectivity index (χ0n) is 15.7. The number of hydrogen-bond acceptors (Lipinski definition) is 7. The molecule has 0 unspecified atom stereocenters. The Morgan fingerprint density at radius 2 is 1.60 bits per heavy atom. The van der Waals surface area contributed by atoms with Crippen molar-refractivity contribution >= 4 is 21.1 Å². The van der Waals surface area contributed by atoms with Crippen molar-refractivity contribution in [1.82, 2.24) is 0 Å². The third-order valence-corrected chi connectivity index (χ3v) is 5.79. The van der Waals surface area contributed by atoms with Gasteiger partial charge in [0, 0.05) is 12.1 Å². The zero-order valence-corrected chi connectivity index (χ0v) is 16.5. The van der Waals surface area contributed by atoms with Crippen molar-refractivity contribution < 1.29 is 27.2 Å². The molecule has 0 fully saturated rings. The van der Waals surface area contributed by atoms with Gasteiger partial charge in [0.2, 0.25) is 5.43 Å². The molecule has 2 N–H and O–H groups in total. The minimum atomic E-state index is -4.14. The van der Waals surface area contributed by atoms with Crippen LogP contribution in [0.4, 0.5) is 0 Å². The first kappa shape index (κ1) is 19.5. The van der Waals surface area contributed by atoms with Gasteiger partial charge in [-0.2, -0.15) is 8.42 Å². The SMILES string of the molecule is Cc1ccc(S(=O)(=O)Oc2cc(O)c3c(=O)c(-c4ccc(O)cc4)coc3c2)cc1. The van der Waals surface area contributed by atoms with Crippen molar-refractivity contribution in [2.45, 2.75) is 11.8 Å². The molecule has 1 heterocycles. The van der Waals surface area contributed by atoms with Crippen LogP contribution >= 0.6 is 0 Å². The molecule has 4 aromatic rings. The molecular formula is C22H16O7S. The van der Waals surface area contributed by atoms with E-state index in [4.69, 9.17) is 8.60 Å². The number of phenols is 2. The van der Waals surface area contributed by atoms with Crippen LogP contribution in [0, 0.1) is 6.92 Å². The van der Waals surface area contributed by atoms with Gasteiger partial charge in [0.05, 0.1) is 5.56 Å². The predicted octanol–water partition coefficient (Wildman–Crippen LogP) is 3.95. The van der Waals surface area contributed by atoms with E-state index in [2.05, 4.69) is 0 Å². The summed E-state index contributed by atoms with van der Waals surface area (Å²) in [6, 6.07) is 14.3. The maximum Gasteiger partial charge on any atom is 0.339 e. The first-order valence-electron chi connectivity index (χ1n) is 8.84.